The number of esters is 1. The van der Waals surface area contributed by atoms with Crippen LogP contribution in [0.4, 0.5) is 5.69 Å². The molecular weight excluding hydrogens is 194 g/mol. The van der Waals surface area contributed by atoms with Crippen molar-refractivity contribution in [1.29, 1.82) is 0 Å². The van der Waals surface area contributed by atoms with Gasteiger partial charge in [-0.15, -0.1) is 0 Å². The molecule has 5 heteroatoms. The molecule has 1 aromatic heterocycles. The lowest BCUT2D eigenvalue weighted by Gasteiger charge is -2.07. The van der Waals surface area contributed by atoms with Crippen molar-refractivity contribution in [2.45, 2.75) is 26.8 Å². The lowest BCUT2D eigenvalue weighted by Crippen LogP contribution is -2.09. The van der Waals surface area contributed by atoms with Crippen molar-refractivity contribution in [2.75, 3.05) is 12.8 Å². The molecule has 1 unspecified atom stereocenters. The van der Waals surface area contributed by atoms with Crippen LogP contribution in [-0.4, -0.2) is 22.9 Å². The molecule has 1 heterocycles. The largest absolute Gasteiger partial charge is 0.464 e. The number of rotatable bonds is 4. The van der Waals surface area contributed by atoms with E-state index in [9.17, 15) is 4.79 Å². The number of methoxy groups -OCH3 is 1. The number of carbonyl (C=O) groups excluding carboxylic acids is 1. The summed E-state index contributed by atoms with van der Waals surface area (Å²) in [7, 11) is 1.31. The van der Waals surface area contributed by atoms with Gasteiger partial charge >= 0.3 is 5.97 Å². The third kappa shape index (κ3) is 2.71. The zero-order chi connectivity index (χ0) is 11.4. The molecule has 0 aliphatic heterocycles. The number of hydrogen-bond acceptors (Lipinski definition) is 4. The molecule has 15 heavy (non-hydrogen) atoms. The average Bonchev–Trinajstić information content (AvgIpc) is 2.58. The highest BCUT2D eigenvalue weighted by atomic mass is 16.5. The van der Waals surface area contributed by atoms with Crippen molar-refractivity contribution in [1.82, 2.24) is 9.78 Å². The van der Waals surface area contributed by atoms with Gasteiger partial charge in [0.15, 0.2) is 5.69 Å². The summed E-state index contributed by atoms with van der Waals surface area (Å²) in [6, 6.07) is 0. The van der Waals surface area contributed by atoms with Crippen LogP contribution in [0.2, 0.25) is 0 Å². The Morgan fingerprint density at radius 2 is 2.40 bits per heavy atom. The summed E-state index contributed by atoms with van der Waals surface area (Å²) in [5.74, 6) is 0.0187. The Hall–Kier alpha value is -1.52. The van der Waals surface area contributed by atoms with Gasteiger partial charge in [-0.2, -0.15) is 5.10 Å². The molecule has 1 rings (SSSR count). The summed E-state index contributed by atoms with van der Waals surface area (Å²) in [4.78, 5) is 11.2. The lowest BCUT2D eigenvalue weighted by atomic mass is 10.1. The van der Waals surface area contributed by atoms with Gasteiger partial charge in [0.1, 0.15) is 0 Å². The predicted molar refractivity (Wildman–Crippen MR) is 57.4 cm³/mol. The topological polar surface area (TPSA) is 70.1 Å². The molecule has 0 aliphatic rings. The van der Waals surface area contributed by atoms with Crippen molar-refractivity contribution < 1.29 is 9.53 Å². The zero-order valence-electron chi connectivity index (χ0n) is 9.36. The highest BCUT2D eigenvalue weighted by molar-refractivity contribution is 5.92. The van der Waals surface area contributed by atoms with E-state index in [-0.39, 0.29) is 5.69 Å². The van der Waals surface area contributed by atoms with E-state index in [1.165, 1.54) is 7.11 Å². The van der Waals surface area contributed by atoms with Gasteiger partial charge in [-0.3, -0.25) is 4.68 Å². The van der Waals surface area contributed by atoms with Crippen LogP contribution in [-0.2, 0) is 11.3 Å². The molecule has 84 valence electrons. The van der Waals surface area contributed by atoms with E-state index in [1.54, 1.807) is 10.9 Å². The minimum absolute atomic E-state index is 0.195. The lowest BCUT2D eigenvalue weighted by molar-refractivity contribution is 0.0594. The maximum atomic E-state index is 11.2. The smallest absolute Gasteiger partial charge is 0.360 e. The highest BCUT2D eigenvalue weighted by Gasteiger charge is 2.15. The van der Waals surface area contributed by atoms with E-state index in [4.69, 9.17) is 5.73 Å². The first-order chi connectivity index (χ1) is 7.08. The van der Waals surface area contributed by atoms with Crippen molar-refractivity contribution in [3.63, 3.8) is 0 Å². The third-order valence-electron chi connectivity index (χ3n) is 2.36. The van der Waals surface area contributed by atoms with E-state index < -0.39 is 5.97 Å². The summed E-state index contributed by atoms with van der Waals surface area (Å²) in [5.41, 5.74) is 6.21. The standard InChI is InChI=1S/C10H17N3O2/c1-4-7(2)5-13-6-8(11)9(12-13)10(14)15-3/h6-7H,4-5,11H2,1-3H3. The quantitative estimate of drug-likeness (QED) is 0.762. The maximum Gasteiger partial charge on any atom is 0.360 e. The van der Waals surface area contributed by atoms with E-state index >= 15 is 0 Å². The highest BCUT2D eigenvalue weighted by Crippen LogP contribution is 2.12. The minimum Gasteiger partial charge on any atom is -0.464 e. The molecule has 0 aromatic carbocycles. The Balaban J connectivity index is 2.81. The molecule has 5 nitrogen and oxygen atoms in total. The van der Waals surface area contributed by atoms with Gasteiger partial charge in [-0.1, -0.05) is 20.3 Å². The van der Waals surface area contributed by atoms with Gasteiger partial charge in [0.25, 0.3) is 0 Å². The van der Waals surface area contributed by atoms with Crippen LogP contribution in [0.5, 0.6) is 0 Å². The number of nitrogens with two attached hydrogens (primary N) is 1. The molecule has 1 atom stereocenters. The molecule has 0 spiro atoms. The Morgan fingerprint density at radius 3 is 2.93 bits per heavy atom. The molecule has 0 aliphatic carbocycles. The monoisotopic (exact) mass is 211 g/mol. The second-order valence-corrected chi connectivity index (χ2v) is 3.66. The van der Waals surface area contributed by atoms with Gasteiger partial charge in [0.05, 0.1) is 12.8 Å². The number of aromatic nitrogens is 2. The zero-order valence-corrected chi connectivity index (χ0v) is 9.36. The molecule has 0 saturated carbocycles. The molecule has 0 saturated heterocycles. The van der Waals surface area contributed by atoms with Gasteiger partial charge in [0.2, 0.25) is 0 Å². The predicted octanol–water partition coefficient (Wildman–Crippen LogP) is 1.30. The molecular formula is C10H17N3O2. The summed E-state index contributed by atoms with van der Waals surface area (Å²) in [6.45, 7) is 4.99. The normalized spacial score (nSPS) is 12.5. The van der Waals surface area contributed by atoms with E-state index in [2.05, 4.69) is 23.7 Å². The van der Waals surface area contributed by atoms with Crippen molar-refractivity contribution >= 4 is 11.7 Å². The van der Waals surface area contributed by atoms with Gasteiger partial charge in [0, 0.05) is 12.7 Å². The Labute approximate surface area is 89.2 Å². The SMILES string of the molecule is CCC(C)Cn1cc(N)c(C(=O)OC)n1. The average molecular weight is 211 g/mol. The van der Waals surface area contributed by atoms with Crippen molar-refractivity contribution in [3.8, 4) is 0 Å². The molecule has 0 radical (unpaired) electrons. The van der Waals surface area contributed by atoms with Crippen LogP contribution in [0, 0.1) is 5.92 Å². The Morgan fingerprint density at radius 1 is 1.73 bits per heavy atom. The number of nitrogens with zero attached hydrogens (tertiary/aromatic N) is 2. The Bertz CT molecular complexity index is 346. The fraction of sp³-hybridized carbons (Fsp3) is 0.600. The number of hydrogen-bond donors (Lipinski definition) is 1. The van der Waals surface area contributed by atoms with E-state index in [0.717, 1.165) is 13.0 Å². The Kier molecular flexibility index (Phi) is 3.71. The second kappa shape index (κ2) is 4.82. The van der Waals surface area contributed by atoms with Gasteiger partial charge in [-0.25, -0.2) is 4.79 Å². The van der Waals surface area contributed by atoms with Crippen LogP contribution in [0.15, 0.2) is 6.20 Å². The summed E-state index contributed by atoms with van der Waals surface area (Å²) in [6.07, 6.45) is 2.73. The minimum atomic E-state index is -0.490. The van der Waals surface area contributed by atoms with Gasteiger partial charge < -0.3 is 10.5 Å². The first-order valence-electron chi connectivity index (χ1n) is 4.99. The van der Waals surface area contributed by atoms with E-state index in [1.807, 2.05) is 0 Å². The maximum absolute atomic E-state index is 11.2. The molecule has 0 amide bonds. The molecule has 2 N–H and O–H groups in total. The number of ether oxygens (including phenoxy) is 1. The molecule has 1 aromatic rings. The second-order valence-electron chi connectivity index (χ2n) is 3.66. The van der Waals surface area contributed by atoms with Crippen LogP contribution in [0.25, 0.3) is 0 Å². The van der Waals surface area contributed by atoms with E-state index in [0.29, 0.717) is 11.6 Å². The van der Waals surface area contributed by atoms with Crippen molar-refractivity contribution in [2.24, 2.45) is 5.92 Å². The first-order valence-corrected chi connectivity index (χ1v) is 4.99. The summed E-state index contributed by atoms with van der Waals surface area (Å²) >= 11 is 0. The number of anilines is 1. The van der Waals surface area contributed by atoms with Crippen molar-refractivity contribution in [3.05, 3.63) is 11.9 Å². The fourth-order valence-corrected chi connectivity index (χ4v) is 1.23. The molecule has 0 fully saturated rings. The third-order valence-corrected chi connectivity index (χ3v) is 2.36. The van der Waals surface area contributed by atoms with Crippen LogP contribution in [0.3, 0.4) is 0 Å². The molecule has 0 bridgehead atoms. The fourth-order valence-electron chi connectivity index (χ4n) is 1.23. The van der Waals surface area contributed by atoms with Crippen LogP contribution < -0.4 is 5.73 Å². The van der Waals surface area contributed by atoms with Crippen LogP contribution in [0.1, 0.15) is 30.8 Å². The van der Waals surface area contributed by atoms with Gasteiger partial charge in [-0.05, 0) is 5.92 Å². The van der Waals surface area contributed by atoms with Crippen LogP contribution >= 0.6 is 0 Å². The number of carbonyl (C=O) groups is 1. The first kappa shape index (κ1) is 11.6. The number of nitrogen functional groups attached to an aromatic ring is 1. The summed E-state index contributed by atoms with van der Waals surface area (Å²) in [5, 5.41) is 4.09. The summed E-state index contributed by atoms with van der Waals surface area (Å²) < 4.78 is 6.26.